The van der Waals surface area contributed by atoms with Crippen LogP contribution in [0.25, 0.3) is 0 Å². The maximum atomic E-state index is 11.0. The van der Waals surface area contributed by atoms with E-state index >= 15 is 0 Å². The molecule has 5 heteroatoms. The lowest BCUT2D eigenvalue weighted by Crippen LogP contribution is -2.04. The second kappa shape index (κ2) is 8.24. The minimum absolute atomic E-state index is 0.0330. The number of pyridine rings is 1. The van der Waals surface area contributed by atoms with Crippen molar-refractivity contribution in [1.29, 1.82) is 0 Å². The molecule has 0 saturated carbocycles. The molecule has 1 heterocycles. The molecule has 1 N–H and O–H groups in total. The number of hydrogen-bond acceptors (Lipinski definition) is 5. The molecule has 0 unspecified atom stereocenters. The van der Waals surface area contributed by atoms with Gasteiger partial charge in [-0.15, -0.1) is 0 Å². The van der Waals surface area contributed by atoms with Crippen LogP contribution in [0.2, 0.25) is 0 Å². The summed E-state index contributed by atoms with van der Waals surface area (Å²) in [6, 6.07) is 3.56. The van der Waals surface area contributed by atoms with Gasteiger partial charge in [-0.25, -0.2) is 0 Å². The van der Waals surface area contributed by atoms with Crippen molar-refractivity contribution in [2.24, 2.45) is 0 Å². The Morgan fingerprint density at radius 2 is 2.05 bits per heavy atom. The third-order valence-corrected chi connectivity index (χ3v) is 2.74. The minimum Gasteiger partial charge on any atom is -0.469 e. The first-order valence-corrected chi connectivity index (χ1v) is 6.41. The second-order valence-electron chi connectivity index (χ2n) is 4.30. The zero-order chi connectivity index (χ0) is 14.1. The average molecular weight is 264 g/mol. The van der Waals surface area contributed by atoms with Gasteiger partial charge in [0.25, 0.3) is 0 Å². The molecule has 104 valence electrons. The van der Waals surface area contributed by atoms with Crippen molar-refractivity contribution in [2.75, 3.05) is 19.0 Å². The maximum absolute atomic E-state index is 11.0. The Morgan fingerprint density at radius 3 is 2.63 bits per heavy atom. The number of nitrogens with one attached hydrogen (secondary N) is 1. The Bertz CT molecular complexity index is 415. The quantitative estimate of drug-likeness (QED) is 0.443. The zero-order valence-electron chi connectivity index (χ0n) is 11.4. The number of ketones is 1. The van der Waals surface area contributed by atoms with Crippen LogP contribution < -0.4 is 5.32 Å². The molecule has 5 nitrogen and oxygen atoms in total. The van der Waals surface area contributed by atoms with Crippen molar-refractivity contribution in [2.45, 2.75) is 32.6 Å². The lowest BCUT2D eigenvalue weighted by molar-refractivity contribution is -0.140. The van der Waals surface area contributed by atoms with Gasteiger partial charge in [-0.1, -0.05) is 6.42 Å². The highest BCUT2D eigenvalue weighted by Crippen LogP contribution is 2.08. The number of ether oxygens (including phenoxy) is 1. The van der Waals surface area contributed by atoms with E-state index in [1.165, 1.54) is 14.0 Å². The lowest BCUT2D eigenvalue weighted by atomic mass is 10.2. The van der Waals surface area contributed by atoms with Crippen LogP contribution in [0, 0.1) is 0 Å². The first-order chi connectivity index (χ1) is 9.13. The van der Waals surface area contributed by atoms with E-state index in [4.69, 9.17) is 0 Å². The summed E-state index contributed by atoms with van der Waals surface area (Å²) < 4.78 is 4.57. The molecule has 0 bridgehead atoms. The van der Waals surface area contributed by atoms with E-state index in [9.17, 15) is 9.59 Å². The summed E-state index contributed by atoms with van der Waals surface area (Å²) in [6.07, 6.45) is 4.93. The first-order valence-electron chi connectivity index (χ1n) is 6.41. The zero-order valence-corrected chi connectivity index (χ0v) is 11.4. The molecule has 0 atom stereocenters. The number of Topliss-reactive ketones (excluding diaryl/α,β-unsaturated/α-hetero) is 1. The van der Waals surface area contributed by atoms with Gasteiger partial charge in [0, 0.05) is 19.9 Å². The topological polar surface area (TPSA) is 68.3 Å². The summed E-state index contributed by atoms with van der Waals surface area (Å²) in [6.45, 7) is 2.32. The lowest BCUT2D eigenvalue weighted by Gasteiger charge is -2.06. The van der Waals surface area contributed by atoms with Crippen LogP contribution >= 0.6 is 0 Å². The van der Waals surface area contributed by atoms with Crippen molar-refractivity contribution in [3.05, 3.63) is 24.0 Å². The van der Waals surface area contributed by atoms with Crippen molar-refractivity contribution in [3.63, 3.8) is 0 Å². The highest BCUT2D eigenvalue weighted by molar-refractivity contribution is 5.92. The summed E-state index contributed by atoms with van der Waals surface area (Å²) in [5, 5.41) is 3.22. The summed E-state index contributed by atoms with van der Waals surface area (Å²) >= 11 is 0. The molecule has 0 aliphatic carbocycles. The van der Waals surface area contributed by atoms with Gasteiger partial charge in [0.15, 0.2) is 5.78 Å². The number of nitrogens with zero attached hydrogens (tertiary/aromatic N) is 1. The highest BCUT2D eigenvalue weighted by atomic mass is 16.5. The summed E-state index contributed by atoms with van der Waals surface area (Å²) in [5.74, 6) is -0.189. The number of hydrogen-bond donors (Lipinski definition) is 1. The molecule has 0 aliphatic heterocycles. The molecule has 1 aromatic rings. The number of esters is 1. The van der Waals surface area contributed by atoms with Crippen LogP contribution in [0.15, 0.2) is 18.3 Å². The van der Waals surface area contributed by atoms with E-state index in [-0.39, 0.29) is 11.8 Å². The number of unbranched alkanes of at least 4 members (excludes halogenated alkanes) is 2. The van der Waals surface area contributed by atoms with Crippen molar-refractivity contribution >= 4 is 17.4 Å². The van der Waals surface area contributed by atoms with E-state index < -0.39 is 0 Å². The third kappa shape index (κ3) is 5.99. The Labute approximate surface area is 113 Å². The van der Waals surface area contributed by atoms with Gasteiger partial charge >= 0.3 is 5.97 Å². The van der Waals surface area contributed by atoms with E-state index in [2.05, 4.69) is 15.0 Å². The number of carbonyl (C=O) groups is 2. The van der Waals surface area contributed by atoms with E-state index in [1.54, 1.807) is 12.3 Å². The van der Waals surface area contributed by atoms with Crippen molar-refractivity contribution in [1.82, 2.24) is 4.98 Å². The van der Waals surface area contributed by atoms with Crippen molar-refractivity contribution in [3.8, 4) is 0 Å². The molecule has 1 aromatic heterocycles. The van der Waals surface area contributed by atoms with Crippen LogP contribution in [-0.2, 0) is 9.53 Å². The highest BCUT2D eigenvalue weighted by Gasteiger charge is 2.01. The number of anilines is 1. The molecular weight excluding hydrogens is 244 g/mol. The number of methoxy groups -OCH3 is 1. The predicted molar refractivity (Wildman–Crippen MR) is 73.2 cm³/mol. The Balaban J connectivity index is 2.15. The van der Waals surface area contributed by atoms with E-state index in [1.807, 2.05) is 6.07 Å². The van der Waals surface area contributed by atoms with Gasteiger partial charge in [-0.2, -0.15) is 0 Å². The Morgan fingerprint density at radius 1 is 1.26 bits per heavy atom. The van der Waals surface area contributed by atoms with E-state index in [0.717, 1.165) is 31.5 Å². The number of rotatable bonds is 8. The summed E-state index contributed by atoms with van der Waals surface area (Å²) in [4.78, 5) is 26.0. The number of aromatic nitrogens is 1. The molecule has 1 rings (SSSR count). The fourth-order valence-electron chi connectivity index (χ4n) is 1.61. The SMILES string of the molecule is COC(=O)CCCCCNc1ccc(C(C)=O)nc1. The van der Waals surface area contributed by atoms with Gasteiger partial charge in [0.05, 0.1) is 19.0 Å². The molecule has 0 spiro atoms. The van der Waals surface area contributed by atoms with Crippen LogP contribution in [0.3, 0.4) is 0 Å². The fourth-order valence-corrected chi connectivity index (χ4v) is 1.61. The third-order valence-electron chi connectivity index (χ3n) is 2.74. The van der Waals surface area contributed by atoms with E-state index in [0.29, 0.717) is 12.1 Å². The summed E-state index contributed by atoms with van der Waals surface area (Å²) in [7, 11) is 1.40. The Hall–Kier alpha value is -1.91. The van der Waals surface area contributed by atoms with Crippen LogP contribution in [-0.4, -0.2) is 30.4 Å². The summed E-state index contributed by atoms with van der Waals surface area (Å²) in [5.41, 5.74) is 1.38. The second-order valence-corrected chi connectivity index (χ2v) is 4.30. The predicted octanol–water partition coefficient (Wildman–Crippen LogP) is 2.43. The molecule has 0 amide bonds. The largest absolute Gasteiger partial charge is 0.469 e. The van der Waals surface area contributed by atoms with Gasteiger partial charge in [-0.05, 0) is 25.0 Å². The number of carbonyl (C=O) groups excluding carboxylic acids is 2. The fraction of sp³-hybridized carbons (Fsp3) is 0.500. The molecule has 19 heavy (non-hydrogen) atoms. The molecule has 0 fully saturated rings. The van der Waals surface area contributed by atoms with Gasteiger partial charge in [0.1, 0.15) is 5.69 Å². The molecular formula is C14H20N2O3. The standard InChI is InChI=1S/C14H20N2O3/c1-11(17)13-8-7-12(10-16-13)15-9-5-3-4-6-14(18)19-2/h7-8,10,15H,3-6,9H2,1-2H3. The van der Waals surface area contributed by atoms with Gasteiger partial charge < -0.3 is 10.1 Å². The monoisotopic (exact) mass is 264 g/mol. The van der Waals surface area contributed by atoms with Crippen LogP contribution in [0.4, 0.5) is 5.69 Å². The smallest absolute Gasteiger partial charge is 0.305 e. The normalized spacial score (nSPS) is 10.0. The van der Waals surface area contributed by atoms with Crippen LogP contribution in [0.5, 0.6) is 0 Å². The first kappa shape index (κ1) is 15.1. The minimum atomic E-state index is -0.156. The van der Waals surface area contributed by atoms with Crippen LogP contribution in [0.1, 0.15) is 43.1 Å². The molecule has 0 saturated heterocycles. The average Bonchev–Trinajstić information content (AvgIpc) is 2.42. The van der Waals surface area contributed by atoms with Crippen molar-refractivity contribution < 1.29 is 14.3 Å². The molecule has 0 aromatic carbocycles. The molecule has 0 radical (unpaired) electrons. The molecule has 0 aliphatic rings. The van der Waals surface area contributed by atoms with Gasteiger partial charge in [0.2, 0.25) is 0 Å². The Kier molecular flexibility index (Phi) is 6.57. The maximum Gasteiger partial charge on any atom is 0.305 e. The van der Waals surface area contributed by atoms with Gasteiger partial charge in [-0.3, -0.25) is 14.6 Å².